The van der Waals surface area contributed by atoms with Crippen molar-refractivity contribution in [2.24, 2.45) is 0 Å². The number of aliphatic hydroxyl groups is 1. The van der Waals surface area contributed by atoms with Crippen LogP contribution in [0.25, 0.3) is 0 Å². The fourth-order valence-corrected chi connectivity index (χ4v) is 2.23. The summed E-state index contributed by atoms with van der Waals surface area (Å²) in [6, 6.07) is 0.238. The van der Waals surface area contributed by atoms with Crippen molar-refractivity contribution in [2.75, 3.05) is 13.6 Å². The maximum atomic E-state index is 11.8. The van der Waals surface area contributed by atoms with Gasteiger partial charge in [-0.2, -0.15) is 0 Å². The van der Waals surface area contributed by atoms with Crippen molar-refractivity contribution >= 4 is 5.91 Å². The molecular weight excluding hydrogens is 266 g/mol. The second-order valence-electron chi connectivity index (χ2n) is 5.77. The molecular formula is C16H29N3O2. The number of nitrogens with one attached hydrogen (secondary N) is 3. The van der Waals surface area contributed by atoms with E-state index in [9.17, 15) is 9.90 Å². The minimum atomic E-state index is -0.490. The van der Waals surface area contributed by atoms with Gasteiger partial charge in [0.2, 0.25) is 0 Å². The van der Waals surface area contributed by atoms with Gasteiger partial charge in [-0.15, -0.1) is 0 Å². The minimum absolute atomic E-state index is 0.0349. The zero-order valence-electron chi connectivity index (χ0n) is 13.4. The van der Waals surface area contributed by atoms with Crippen molar-refractivity contribution in [2.45, 2.75) is 57.8 Å². The van der Waals surface area contributed by atoms with Crippen molar-refractivity contribution in [3.63, 3.8) is 0 Å². The molecule has 0 saturated heterocycles. The van der Waals surface area contributed by atoms with Crippen LogP contribution in [0.5, 0.6) is 0 Å². The van der Waals surface area contributed by atoms with E-state index in [0.29, 0.717) is 5.57 Å². The maximum Gasteiger partial charge on any atom is 0.251 e. The van der Waals surface area contributed by atoms with E-state index in [1.165, 1.54) is 0 Å². The molecule has 4 N–H and O–H groups in total. The molecule has 0 heterocycles. The van der Waals surface area contributed by atoms with E-state index in [2.05, 4.69) is 16.0 Å². The smallest absolute Gasteiger partial charge is 0.251 e. The number of hydrogen-bond acceptors (Lipinski definition) is 4. The van der Waals surface area contributed by atoms with Crippen LogP contribution >= 0.6 is 0 Å². The van der Waals surface area contributed by atoms with E-state index in [1.807, 2.05) is 39.1 Å². The highest BCUT2D eigenvalue weighted by Gasteiger charge is 2.16. The van der Waals surface area contributed by atoms with Gasteiger partial charge < -0.3 is 15.7 Å². The molecule has 5 nitrogen and oxygen atoms in total. The Balaban J connectivity index is 2.28. The molecule has 0 aromatic rings. The molecule has 0 aromatic heterocycles. The summed E-state index contributed by atoms with van der Waals surface area (Å²) in [5.74, 6) is -0.0349. The first-order valence-corrected chi connectivity index (χ1v) is 7.81. The van der Waals surface area contributed by atoms with Gasteiger partial charge in [0.25, 0.3) is 5.91 Å². The van der Waals surface area contributed by atoms with Gasteiger partial charge in [-0.05, 0) is 53.1 Å². The highest BCUT2D eigenvalue weighted by Crippen LogP contribution is 2.12. The van der Waals surface area contributed by atoms with E-state index in [0.717, 1.165) is 32.2 Å². The Bertz CT molecular complexity index is 378. The monoisotopic (exact) mass is 295 g/mol. The number of amides is 1. The molecule has 0 aliphatic heterocycles. The number of hydrogen-bond donors (Lipinski definition) is 4. The van der Waals surface area contributed by atoms with Gasteiger partial charge in [-0.25, -0.2) is 0 Å². The van der Waals surface area contributed by atoms with Crippen LogP contribution in [-0.4, -0.2) is 42.9 Å². The highest BCUT2D eigenvalue weighted by atomic mass is 16.3. The fourth-order valence-electron chi connectivity index (χ4n) is 2.23. The number of unbranched alkanes of at least 4 members (excludes halogenated alkanes) is 1. The minimum Gasteiger partial charge on any atom is -0.379 e. The van der Waals surface area contributed by atoms with Gasteiger partial charge >= 0.3 is 0 Å². The quantitative estimate of drug-likeness (QED) is 0.379. The molecule has 0 saturated carbocycles. The average Bonchev–Trinajstić information content (AvgIpc) is 2.43. The standard InChI is InChI=1S/C16H29N3O2/c1-12(2)18-16(21)13-7-9-14(10-8-13)19-15(20)6-4-5-11-17-3/h7-9,12,14-15,17,19-20H,4-6,10-11H2,1-3H3,(H,18,21)/t14?,15-/m0/s1. The van der Waals surface area contributed by atoms with Crippen molar-refractivity contribution in [3.8, 4) is 0 Å². The zero-order chi connectivity index (χ0) is 15.7. The summed E-state index contributed by atoms with van der Waals surface area (Å²) in [5, 5.41) is 19.1. The lowest BCUT2D eigenvalue weighted by Crippen LogP contribution is -2.38. The van der Waals surface area contributed by atoms with Crippen molar-refractivity contribution in [1.29, 1.82) is 0 Å². The molecule has 21 heavy (non-hydrogen) atoms. The number of aliphatic hydroxyl groups excluding tert-OH is 1. The third-order valence-electron chi connectivity index (χ3n) is 3.34. The van der Waals surface area contributed by atoms with Gasteiger partial charge in [0, 0.05) is 17.7 Å². The van der Waals surface area contributed by atoms with E-state index in [-0.39, 0.29) is 18.0 Å². The molecule has 0 spiro atoms. The van der Waals surface area contributed by atoms with Crippen molar-refractivity contribution < 1.29 is 9.90 Å². The van der Waals surface area contributed by atoms with Gasteiger partial charge in [-0.3, -0.25) is 10.1 Å². The first kappa shape index (κ1) is 17.9. The van der Waals surface area contributed by atoms with Crippen molar-refractivity contribution in [3.05, 3.63) is 23.8 Å². The summed E-state index contributed by atoms with van der Waals surface area (Å²) in [6.07, 6.45) is 8.73. The van der Waals surface area contributed by atoms with Gasteiger partial charge in [0.15, 0.2) is 0 Å². The summed E-state index contributed by atoms with van der Waals surface area (Å²) in [6.45, 7) is 4.87. The molecule has 2 atom stereocenters. The third kappa shape index (κ3) is 7.41. The van der Waals surface area contributed by atoms with Crippen LogP contribution < -0.4 is 16.0 Å². The predicted molar refractivity (Wildman–Crippen MR) is 85.8 cm³/mol. The lowest BCUT2D eigenvalue weighted by molar-refractivity contribution is -0.117. The molecule has 0 radical (unpaired) electrons. The second-order valence-corrected chi connectivity index (χ2v) is 5.77. The van der Waals surface area contributed by atoms with Crippen LogP contribution in [0.15, 0.2) is 23.8 Å². The molecule has 0 fully saturated rings. The molecule has 0 bridgehead atoms. The topological polar surface area (TPSA) is 73.4 Å². The van der Waals surface area contributed by atoms with Crippen LogP contribution in [0.3, 0.4) is 0 Å². The molecule has 0 aromatic carbocycles. The zero-order valence-corrected chi connectivity index (χ0v) is 13.4. The normalized spacial score (nSPS) is 19.5. The molecule has 1 aliphatic rings. The first-order chi connectivity index (χ1) is 10.0. The van der Waals surface area contributed by atoms with Gasteiger partial charge in [0.05, 0.1) is 0 Å². The lowest BCUT2D eigenvalue weighted by Gasteiger charge is -2.22. The Hall–Kier alpha value is -1.17. The summed E-state index contributed by atoms with van der Waals surface area (Å²) >= 11 is 0. The SMILES string of the molecule is CNCCCC[C@H](O)NC1C=CC(C(=O)NC(C)C)=CC1. The molecule has 1 amide bonds. The van der Waals surface area contributed by atoms with Crippen LogP contribution in [0.2, 0.25) is 0 Å². The van der Waals surface area contributed by atoms with E-state index >= 15 is 0 Å². The van der Waals surface area contributed by atoms with E-state index in [1.54, 1.807) is 0 Å². The summed E-state index contributed by atoms with van der Waals surface area (Å²) in [4.78, 5) is 11.8. The second kappa shape index (κ2) is 9.71. The van der Waals surface area contributed by atoms with Crippen LogP contribution in [-0.2, 0) is 4.79 Å². The van der Waals surface area contributed by atoms with Crippen molar-refractivity contribution in [1.82, 2.24) is 16.0 Å². The van der Waals surface area contributed by atoms with Crippen LogP contribution in [0.4, 0.5) is 0 Å². The van der Waals surface area contributed by atoms with E-state index in [4.69, 9.17) is 0 Å². The number of carbonyl (C=O) groups excluding carboxylic acids is 1. The Labute approximate surface area is 127 Å². The largest absolute Gasteiger partial charge is 0.379 e. The number of carbonyl (C=O) groups is 1. The number of rotatable bonds is 9. The first-order valence-electron chi connectivity index (χ1n) is 7.81. The van der Waals surface area contributed by atoms with Crippen LogP contribution in [0, 0.1) is 0 Å². The molecule has 1 rings (SSSR count). The third-order valence-corrected chi connectivity index (χ3v) is 3.34. The molecule has 1 unspecified atom stereocenters. The summed E-state index contributed by atoms with van der Waals surface area (Å²) in [5.41, 5.74) is 0.699. The van der Waals surface area contributed by atoms with Gasteiger partial charge in [-0.1, -0.05) is 18.2 Å². The maximum absolute atomic E-state index is 11.8. The Morgan fingerprint density at radius 3 is 2.76 bits per heavy atom. The molecule has 120 valence electrons. The average molecular weight is 295 g/mol. The Morgan fingerprint density at radius 2 is 2.19 bits per heavy atom. The van der Waals surface area contributed by atoms with E-state index < -0.39 is 6.23 Å². The fraction of sp³-hybridized carbons (Fsp3) is 0.688. The van der Waals surface area contributed by atoms with Crippen LogP contribution in [0.1, 0.15) is 39.5 Å². The highest BCUT2D eigenvalue weighted by molar-refractivity contribution is 5.96. The summed E-state index contributed by atoms with van der Waals surface area (Å²) in [7, 11) is 1.93. The van der Waals surface area contributed by atoms with Gasteiger partial charge in [0.1, 0.15) is 6.23 Å². The lowest BCUT2D eigenvalue weighted by atomic mass is 10.0. The molecule has 5 heteroatoms. The Morgan fingerprint density at radius 1 is 1.43 bits per heavy atom. The predicted octanol–water partition coefficient (Wildman–Crippen LogP) is 1.06. The summed E-state index contributed by atoms with van der Waals surface area (Å²) < 4.78 is 0. The molecule has 1 aliphatic carbocycles. The Kier molecular flexibility index (Phi) is 8.27.